The summed E-state index contributed by atoms with van der Waals surface area (Å²) in [5.74, 6) is 0. The average molecular weight is 305 g/mol. The minimum absolute atomic E-state index is 0.497. The Morgan fingerprint density at radius 3 is 1.55 bits per heavy atom. The molecule has 22 heavy (non-hydrogen) atoms. The molecule has 0 heterocycles. The first-order valence-electron chi connectivity index (χ1n) is 7.61. The average Bonchev–Trinajstić information content (AvgIpc) is 2.61. The zero-order valence-electron chi connectivity index (χ0n) is 12.5. The lowest BCUT2D eigenvalue weighted by Gasteiger charge is -2.20. The summed E-state index contributed by atoms with van der Waals surface area (Å²) in [5.41, 5.74) is 1.38. The van der Waals surface area contributed by atoms with Crippen LogP contribution in [0, 0.1) is 0 Å². The molecule has 0 fully saturated rings. The van der Waals surface area contributed by atoms with Gasteiger partial charge < -0.3 is 0 Å². The van der Waals surface area contributed by atoms with Gasteiger partial charge >= 0.3 is 0 Å². The maximum Gasteiger partial charge on any atom is 0.0253 e. The molecule has 110 valence electrons. The van der Waals surface area contributed by atoms with Crippen LogP contribution < -0.4 is 15.7 Å². The molecule has 3 rings (SSSR count). The van der Waals surface area contributed by atoms with Crippen LogP contribution in [-0.2, 0) is 6.42 Å². The summed E-state index contributed by atoms with van der Waals surface area (Å²) in [4.78, 5) is 0. The first kappa shape index (κ1) is 15.0. The van der Waals surface area contributed by atoms with Gasteiger partial charge in [-0.3, -0.25) is 5.09 Å². The van der Waals surface area contributed by atoms with Gasteiger partial charge in [0, 0.05) is 14.6 Å². The van der Waals surface area contributed by atoms with Gasteiger partial charge in [0.1, 0.15) is 0 Å². The third-order valence-electron chi connectivity index (χ3n) is 3.56. The van der Waals surface area contributed by atoms with Crippen molar-refractivity contribution in [1.29, 1.82) is 0 Å². The van der Waals surface area contributed by atoms with Crippen molar-refractivity contribution in [1.82, 2.24) is 5.09 Å². The highest BCUT2D eigenvalue weighted by Crippen LogP contribution is 2.28. The molecule has 1 nitrogen and oxygen atoms in total. The van der Waals surface area contributed by atoms with E-state index in [0.717, 1.165) is 13.0 Å². The second-order valence-electron chi connectivity index (χ2n) is 5.15. The fraction of sp³-hybridized carbons (Fsp3) is 0.100. The Hall–Kier alpha value is -1.95. The minimum Gasteiger partial charge on any atom is -0.288 e. The molecule has 0 radical (unpaired) electrons. The van der Waals surface area contributed by atoms with Gasteiger partial charge in [0.15, 0.2) is 0 Å². The van der Waals surface area contributed by atoms with Gasteiger partial charge in [-0.05, 0) is 22.6 Å². The van der Waals surface area contributed by atoms with Crippen LogP contribution in [0.5, 0.6) is 0 Å². The summed E-state index contributed by atoms with van der Waals surface area (Å²) in [7, 11) is -0.497. The van der Waals surface area contributed by atoms with E-state index in [4.69, 9.17) is 0 Å². The van der Waals surface area contributed by atoms with E-state index in [-0.39, 0.29) is 0 Å². The Morgan fingerprint density at radius 1 is 0.591 bits per heavy atom. The molecule has 0 spiro atoms. The molecule has 0 amide bonds. The highest BCUT2D eigenvalue weighted by atomic mass is 31.1. The molecule has 0 atom stereocenters. The van der Waals surface area contributed by atoms with E-state index in [1.807, 2.05) is 0 Å². The molecule has 0 saturated carbocycles. The molecule has 0 aliphatic heterocycles. The van der Waals surface area contributed by atoms with Crippen molar-refractivity contribution in [2.75, 3.05) is 6.54 Å². The van der Waals surface area contributed by atoms with E-state index < -0.39 is 8.07 Å². The van der Waals surface area contributed by atoms with E-state index in [1.54, 1.807) is 0 Å². The summed E-state index contributed by atoms with van der Waals surface area (Å²) in [6.45, 7) is 0.986. The van der Waals surface area contributed by atoms with Gasteiger partial charge in [0.2, 0.25) is 0 Å². The van der Waals surface area contributed by atoms with Gasteiger partial charge in [-0.25, -0.2) is 0 Å². The highest BCUT2D eigenvalue weighted by Gasteiger charge is 2.12. The van der Waals surface area contributed by atoms with Crippen molar-refractivity contribution in [3.63, 3.8) is 0 Å². The third-order valence-corrected chi connectivity index (χ3v) is 5.72. The Balaban J connectivity index is 1.72. The zero-order chi connectivity index (χ0) is 15.0. The Bertz CT molecular complexity index is 628. The first-order valence-corrected chi connectivity index (χ1v) is 8.95. The molecule has 2 heteroatoms. The van der Waals surface area contributed by atoms with E-state index in [2.05, 4.69) is 96.1 Å². The van der Waals surface area contributed by atoms with Crippen LogP contribution >= 0.6 is 8.07 Å². The van der Waals surface area contributed by atoms with Gasteiger partial charge in [-0.1, -0.05) is 91.0 Å². The first-order chi connectivity index (χ1) is 10.9. The van der Waals surface area contributed by atoms with E-state index in [0.29, 0.717) is 0 Å². The molecular formula is C20H20NP. The van der Waals surface area contributed by atoms with Crippen LogP contribution in [-0.4, -0.2) is 6.54 Å². The molecule has 0 saturated heterocycles. The normalized spacial score (nSPS) is 10.8. The standard InChI is InChI=1S/C20H20NP/c1-4-10-18(11-5-1)16-17-21-22(19-12-6-2-7-13-19)20-14-8-3-9-15-20/h1-15,21H,16-17H2. The number of hydrogen-bond acceptors (Lipinski definition) is 1. The van der Waals surface area contributed by atoms with Gasteiger partial charge in [0.25, 0.3) is 0 Å². The Morgan fingerprint density at radius 2 is 1.05 bits per heavy atom. The van der Waals surface area contributed by atoms with E-state index in [9.17, 15) is 0 Å². The van der Waals surface area contributed by atoms with Gasteiger partial charge in [-0.15, -0.1) is 0 Å². The maximum atomic E-state index is 3.77. The van der Waals surface area contributed by atoms with Gasteiger partial charge in [0.05, 0.1) is 0 Å². The quantitative estimate of drug-likeness (QED) is 0.682. The van der Waals surface area contributed by atoms with Crippen molar-refractivity contribution < 1.29 is 0 Å². The lowest BCUT2D eigenvalue weighted by Crippen LogP contribution is -2.24. The summed E-state index contributed by atoms with van der Waals surface area (Å²) in [6.07, 6.45) is 1.05. The minimum atomic E-state index is -0.497. The van der Waals surface area contributed by atoms with Crippen molar-refractivity contribution >= 4 is 18.7 Å². The summed E-state index contributed by atoms with van der Waals surface area (Å²) < 4.78 is 0. The van der Waals surface area contributed by atoms with Crippen molar-refractivity contribution in [2.24, 2.45) is 0 Å². The topological polar surface area (TPSA) is 12.0 Å². The Labute approximate surface area is 133 Å². The predicted molar refractivity (Wildman–Crippen MR) is 97.2 cm³/mol. The largest absolute Gasteiger partial charge is 0.288 e. The molecule has 0 unspecified atom stereocenters. The van der Waals surface area contributed by atoms with Crippen LogP contribution in [0.1, 0.15) is 5.56 Å². The fourth-order valence-electron chi connectivity index (χ4n) is 2.44. The predicted octanol–water partition coefficient (Wildman–Crippen LogP) is 3.87. The lowest BCUT2D eigenvalue weighted by atomic mass is 10.2. The van der Waals surface area contributed by atoms with Crippen molar-refractivity contribution in [3.05, 3.63) is 96.6 Å². The second-order valence-corrected chi connectivity index (χ2v) is 7.17. The Kier molecular flexibility index (Phi) is 5.37. The molecule has 0 bridgehead atoms. The third kappa shape index (κ3) is 4.04. The van der Waals surface area contributed by atoms with Crippen LogP contribution in [0.2, 0.25) is 0 Å². The SMILES string of the molecule is c1ccc(CCNP(c2ccccc2)c2ccccc2)cc1. The molecule has 1 N–H and O–H groups in total. The number of nitrogens with one attached hydrogen (secondary N) is 1. The molecular weight excluding hydrogens is 285 g/mol. The van der Waals surface area contributed by atoms with E-state index >= 15 is 0 Å². The van der Waals surface area contributed by atoms with Crippen molar-refractivity contribution in [2.45, 2.75) is 6.42 Å². The van der Waals surface area contributed by atoms with Crippen LogP contribution in [0.15, 0.2) is 91.0 Å². The molecule has 0 aromatic heterocycles. The molecule has 0 aliphatic carbocycles. The van der Waals surface area contributed by atoms with Crippen LogP contribution in [0.25, 0.3) is 0 Å². The van der Waals surface area contributed by atoms with Crippen LogP contribution in [0.4, 0.5) is 0 Å². The van der Waals surface area contributed by atoms with Crippen molar-refractivity contribution in [3.8, 4) is 0 Å². The number of rotatable bonds is 6. The van der Waals surface area contributed by atoms with E-state index in [1.165, 1.54) is 16.2 Å². The second kappa shape index (κ2) is 7.89. The lowest BCUT2D eigenvalue weighted by molar-refractivity contribution is 0.902. The zero-order valence-corrected chi connectivity index (χ0v) is 13.4. The number of benzene rings is 3. The molecule has 3 aromatic rings. The smallest absolute Gasteiger partial charge is 0.0253 e. The number of hydrogen-bond donors (Lipinski definition) is 1. The van der Waals surface area contributed by atoms with Crippen LogP contribution in [0.3, 0.4) is 0 Å². The summed E-state index contributed by atoms with van der Waals surface area (Å²) in [5, 5.41) is 6.51. The maximum absolute atomic E-state index is 3.77. The summed E-state index contributed by atoms with van der Waals surface area (Å²) in [6, 6.07) is 32.1. The summed E-state index contributed by atoms with van der Waals surface area (Å²) >= 11 is 0. The molecule has 0 aliphatic rings. The molecule has 3 aromatic carbocycles. The monoisotopic (exact) mass is 305 g/mol. The van der Waals surface area contributed by atoms with Gasteiger partial charge in [-0.2, -0.15) is 0 Å². The highest BCUT2D eigenvalue weighted by molar-refractivity contribution is 7.71. The fourth-order valence-corrected chi connectivity index (χ4v) is 4.38.